The molecule has 1 heterocycles. The number of nitrogens with one attached hydrogen (secondary N) is 1. The molecule has 1 aliphatic heterocycles. The molecule has 2 rings (SSSR count). The number of benzene rings is 1. The van der Waals surface area contributed by atoms with Gasteiger partial charge in [-0.2, -0.15) is 0 Å². The van der Waals surface area contributed by atoms with Gasteiger partial charge in [-0.05, 0) is 49.9 Å². The molecule has 1 aromatic carbocycles. The number of piperidine rings is 1. The number of likely N-dealkylation sites (tertiary alicyclic amines) is 1. The Kier molecular flexibility index (Phi) is 5.41. The number of rotatable bonds is 5. The normalized spacial score (nSPS) is 20.9. The first-order valence-corrected chi connectivity index (χ1v) is 7.67. The van der Waals surface area contributed by atoms with E-state index in [1.54, 1.807) is 0 Å². The van der Waals surface area contributed by atoms with Crippen LogP contribution in [-0.2, 0) is 6.42 Å². The van der Waals surface area contributed by atoms with Gasteiger partial charge in [0.2, 0.25) is 0 Å². The molecule has 106 valence electrons. The highest BCUT2D eigenvalue weighted by atomic mass is 15.2. The Bertz CT molecular complexity index is 369. The van der Waals surface area contributed by atoms with E-state index in [4.69, 9.17) is 0 Å². The number of hydrogen-bond donors (Lipinski definition) is 1. The predicted octanol–water partition coefficient (Wildman–Crippen LogP) is 3.04. The smallest absolute Gasteiger partial charge is 0.0192 e. The number of nitrogens with zero attached hydrogens (tertiary/aromatic N) is 1. The number of likely N-dealkylation sites (N-methyl/N-ethyl adjacent to an activating group) is 1. The molecule has 19 heavy (non-hydrogen) atoms. The summed E-state index contributed by atoms with van der Waals surface area (Å²) in [5, 5.41) is 3.41. The Morgan fingerprint density at radius 2 is 2.00 bits per heavy atom. The maximum Gasteiger partial charge on any atom is 0.0192 e. The third kappa shape index (κ3) is 4.32. The van der Waals surface area contributed by atoms with Crippen LogP contribution in [0.25, 0.3) is 0 Å². The molecule has 0 bridgehead atoms. The van der Waals surface area contributed by atoms with Gasteiger partial charge >= 0.3 is 0 Å². The zero-order valence-corrected chi connectivity index (χ0v) is 12.7. The maximum atomic E-state index is 3.41. The summed E-state index contributed by atoms with van der Waals surface area (Å²) in [6.07, 6.45) is 3.84. The van der Waals surface area contributed by atoms with Crippen LogP contribution >= 0.6 is 0 Å². The molecule has 0 saturated carbocycles. The summed E-state index contributed by atoms with van der Waals surface area (Å²) in [6, 6.07) is 9.86. The van der Waals surface area contributed by atoms with Crippen molar-refractivity contribution in [3.05, 3.63) is 35.4 Å². The van der Waals surface area contributed by atoms with E-state index < -0.39 is 0 Å². The van der Waals surface area contributed by atoms with Crippen LogP contribution in [0.4, 0.5) is 0 Å². The van der Waals surface area contributed by atoms with E-state index in [0.717, 1.165) is 0 Å². The van der Waals surface area contributed by atoms with Crippen molar-refractivity contribution in [2.45, 2.75) is 45.1 Å². The Labute approximate surface area is 118 Å². The van der Waals surface area contributed by atoms with E-state index in [9.17, 15) is 0 Å². The molecule has 1 aromatic rings. The van der Waals surface area contributed by atoms with Gasteiger partial charge in [0.1, 0.15) is 0 Å². The van der Waals surface area contributed by atoms with Crippen molar-refractivity contribution in [2.24, 2.45) is 0 Å². The van der Waals surface area contributed by atoms with Gasteiger partial charge in [0, 0.05) is 19.1 Å². The predicted molar refractivity (Wildman–Crippen MR) is 82.8 cm³/mol. The van der Waals surface area contributed by atoms with Gasteiger partial charge < -0.3 is 10.2 Å². The minimum absolute atomic E-state index is 0.632. The Morgan fingerprint density at radius 1 is 1.26 bits per heavy atom. The zero-order chi connectivity index (χ0) is 13.7. The fourth-order valence-corrected chi connectivity index (χ4v) is 2.85. The second-order valence-corrected chi connectivity index (χ2v) is 6.07. The fraction of sp³-hybridized carbons (Fsp3) is 0.647. The summed E-state index contributed by atoms with van der Waals surface area (Å²) < 4.78 is 0. The molecule has 0 aliphatic carbocycles. The summed E-state index contributed by atoms with van der Waals surface area (Å²) >= 11 is 0. The molecule has 0 radical (unpaired) electrons. The summed E-state index contributed by atoms with van der Waals surface area (Å²) in [7, 11) is 2.08. The molecule has 1 aliphatic rings. The lowest BCUT2D eigenvalue weighted by Crippen LogP contribution is -2.44. The van der Waals surface area contributed by atoms with E-state index in [2.05, 4.69) is 55.4 Å². The van der Waals surface area contributed by atoms with Gasteiger partial charge in [-0.1, -0.05) is 38.1 Å². The van der Waals surface area contributed by atoms with E-state index in [-0.39, 0.29) is 0 Å². The first kappa shape index (κ1) is 14.5. The summed E-state index contributed by atoms with van der Waals surface area (Å²) in [5.41, 5.74) is 2.91. The van der Waals surface area contributed by atoms with E-state index in [1.807, 2.05) is 0 Å². The van der Waals surface area contributed by atoms with Crippen LogP contribution in [0, 0.1) is 0 Å². The lowest BCUT2D eigenvalue weighted by atomic mass is 10.0. The molecule has 1 unspecified atom stereocenters. The lowest BCUT2D eigenvalue weighted by Gasteiger charge is -2.32. The average molecular weight is 260 g/mol. The average Bonchev–Trinajstić information content (AvgIpc) is 2.46. The van der Waals surface area contributed by atoms with Crippen molar-refractivity contribution in [2.75, 3.05) is 26.7 Å². The minimum Gasteiger partial charge on any atom is -0.316 e. The van der Waals surface area contributed by atoms with Gasteiger partial charge in [0.05, 0.1) is 0 Å². The topological polar surface area (TPSA) is 15.3 Å². The highest BCUT2D eigenvalue weighted by molar-refractivity contribution is 5.24. The SMILES string of the molecule is CNC1CCCN(CCc2ccc(C(C)C)cc2)C1. The molecule has 1 N–H and O–H groups in total. The molecule has 2 nitrogen and oxygen atoms in total. The summed E-state index contributed by atoms with van der Waals surface area (Å²) in [4.78, 5) is 2.60. The van der Waals surface area contributed by atoms with Gasteiger partial charge in [0.15, 0.2) is 0 Å². The van der Waals surface area contributed by atoms with E-state index >= 15 is 0 Å². The van der Waals surface area contributed by atoms with Crippen molar-refractivity contribution in [1.29, 1.82) is 0 Å². The van der Waals surface area contributed by atoms with Crippen LogP contribution in [0.1, 0.15) is 43.7 Å². The van der Waals surface area contributed by atoms with Crippen LogP contribution in [0.15, 0.2) is 24.3 Å². The fourth-order valence-electron chi connectivity index (χ4n) is 2.85. The molecular weight excluding hydrogens is 232 g/mol. The first-order valence-electron chi connectivity index (χ1n) is 7.67. The van der Waals surface area contributed by atoms with Crippen molar-refractivity contribution in [1.82, 2.24) is 10.2 Å². The molecule has 1 fully saturated rings. The van der Waals surface area contributed by atoms with Crippen LogP contribution in [0.5, 0.6) is 0 Å². The highest BCUT2D eigenvalue weighted by Gasteiger charge is 2.17. The molecule has 1 saturated heterocycles. The third-order valence-corrected chi connectivity index (χ3v) is 4.28. The summed E-state index contributed by atoms with van der Waals surface area (Å²) in [5.74, 6) is 0.632. The van der Waals surface area contributed by atoms with Gasteiger partial charge in [0.25, 0.3) is 0 Å². The van der Waals surface area contributed by atoms with Gasteiger partial charge in [-0.3, -0.25) is 0 Å². The largest absolute Gasteiger partial charge is 0.316 e. The van der Waals surface area contributed by atoms with Gasteiger partial charge in [-0.15, -0.1) is 0 Å². The monoisotopic (exact) mass is 260 g/mol. The summed E-state index contributed by atoms with van der Waals surface area (Å²) in [6.45, 7) is 8.17. The second-order valence-electron chi connectivity index (χ2n) is 6.07. The van der Waals surface area contributed by atoms with E-state index in [1.165, 1.54) is 50.0 Å². The third-order valence-electron chi connectivity index (χ3n) is 4.28. The van der Waals surface area contributed by atoms with Crippen molar-refractivity contribution >= 4 is 0 Å². The van der Waals surface area contributed by atoms with Crippen molar-refractivity contribution < 1.29 is 0 Å². The minimum atomic E-state index is 0.632. The Hall–Kier alpha value is -0.860. The highest BCUT2D eigenvalue weighted by Crippen LogP contribution is 2.16. The molecule has 2 heteroatoms. The van der Waals surface area contributed by atoms with Crippen molar-refractivity contribution in [3.8, 4) is 0 Å². The van der Waals surface area contributed by atoms with Crippen LogP contribution < -0.4 is 5.32 Å². The van der Waals surface area contributed by atoms with Crippen molar-refractivity contribution in [3.63, 3.8) is 0 Å². The molecule has 0 spiro atoms. The molecular formula is C17H28N2. The van der Waals surface area contributed by atoms with Crippen LogP contribution in [0.2, 0.25) is 0 Å². The van der Waals surface area contributed by atoms with E-state index in [0.29, 0.717) is 12.0 Å². The van der Waals surface area contributed by atoms with Gasteiger partial charge in [-0.25, -0.2) is 0 Å². The Morgan fingerprint density at radius 3 is 2.63 bits per heavy atom. The van der Waals surface area contributed by atoms with Crippen LogP contribution in [-0.4, -0.2) is 37.6 Å². The maximum absolute atomic E-state index is 3.41. The molecule has 0 amide bonds. The molecule has 1 atom stereocenters. The van der Waals surface area contributed by atoms with Crippen LogP contribution in [0.3, 0.4) is 0 Å². The zero-order valence-electron chi connectivity index (χ0n) is 12.7. The first-order chi connectivity index (χ1) is 9.19. The Balaban J connectivity index is 1.81. The second kappa shape index (κ2) is 7.06. The standard InChI is InChI=1S/C17H28N2/c1-14(2)16-8-6-15(7-9-16)10-12-19-11-4-5-17(13-19)18-3/h6-9,14,17-18H,4-5,10-13H2,1-3H3. The number of hydrogen-bond acceptors (Lipinski definition) is 2. The molecule has 0 aromatic heterocycles. The quantitative estimate of drug-likeness (QED) is 0.875. The lowest BCUT2D eigenvalue weighted by molar-refractivity contribution is 0.197.